The Morgan fingerprint density at radius 2 is 2.20 bits per heavy atom. The average molecular weight is 279 g/mol. The van der Waals surface area contributed by atoms with Crippen molar-refractivity contribution in [3.05, 3.63) is 34.2 Å². The van der Waals surface area contributed by atoms with Gasteiger partial charge in [0, 0.05) is 31.0 Å². The van der Waals surface area contributed by atoms with E-state index in [1.165, 1.54) is 18.5 Å². The molecule has 0 spiro atoms. The normalized spacial score (nSPS) is 17.1. The van der Waals surface area contributed by atoms with Gasteiger partial charge in [0.2, 0.25) is 0 Å². The molecule has 1 aliphatic heterocycles. The molecular weight excluding hydrogens is 258 g/mol. The van der Waals surface area contributed by atoms with Crippen molar-refractivity contribution in [3.8, 4) is 0 Å². The topological polar surface area (TPSA) is 76.6 Å². The number of pyridine rings is 1. The van der Waals surface area contributed by atoms with E-state index in [4.69, 9.17) is 0 Å². The van der Waals surface area contributed by atoms with E-state index in [0.717, 1.165) is 25.9 Å². The molecule has 0 bridgehead atoms. The Morgan fingerprint density at radius 3 is 2.80 bits per heavy atom. The summed E-state index contributed by atoms with van der Waals surface area (Å²) in [5.41, 5.74) is -0.149. The van der Waals surface area contributed by atoms with Gasteiger partial charge < -0.3 is 19.9 Å². The van der Waals surface area contributed by atoms with E-state index in [2.05, 4.69) is 16.9 Å². The van der Waals surface area contributed by atoms with Crippen molar-refractivity contribution >= 4 is 5.91 Å². The number of hydrogen-bond donors (Lipinski definition) is 2. The lowest BCUT2D eigenvalue weighted by Gasteiger charge is -2.37. The molecule has 6 heteroatoms. The summed E-state index contributed by atoms with van der Waals surface area (Å²) in [5, 5.41) is 9.19. The van der Waals surface area contributed by atoms with Crippen LogP contribution in [-0.4, -0.2) is 65.1 Å². The lowest BCUT2D eigenvalue weighted by Crippen LogP contribution is -2.48. The lowest BCUT2D eigenvalue weighted by molar-refractivity contribution is 0.0538. The van der Waals surface area contributed by atoms with Crippen molar-refractivity contribution in [3.63, 3.8) is 0 Å². The minimum Gasteiger partial charge on any atom is -0.395 e. The number of hydrogen-bond acceptors (Lipinski definition) is 4. The number of aromatic nitrogens is 1. The monoisotopic (exact) mass is 279 g/mol. The molecule has 2 rings (SSSR count). The first-order valence-electron chi connectivity index (χ1n) is 6.91. The van der Waals surface area contributed by atoms with Crippen molar-refractivity contribution in [2.45, 2.75) is 18.9 Å². The number of nitrogens with one attached hydrogen (secondary N) is 1. The van der Waals surface area contributed by atoms with Crippen LogP contribution in [0.4, 0.5) is 0 Å². The molecular formula is C14H21N3O3. The Labute approximate surface area is 118 Å². The van der Waals surface area contributed by atoms with Crippen LogP contribution in [0.3, 0.4) is 0 Å². The number of H-pyrrole nitrogens is 1. The molecule has 1 saturated heterocycles. The van der Waals surface area contributed by atoms with Gasteiger partial charge in [0.05, 0.1) is 6.61 Å². The molecule has 0 saturated carbocycles. The van der Waals surface area contributed by atoms with E-state index >= 15 is 0 Å². The van der Waals surface area contributed by atoms with Gasteiger partial charge in [-0.3, -0.25) is 9.59 Å². The Hall–Kier alpha value is -1.66. The first kappa shape index (κ1) is 14.7. The molecule has 0 aromatic carbocycles. The van der Waals surface area contributed by atoms with E-state index < -0.39 is 0 Å². The molecule has 20 heavy (non-hydrogen) atoms. The highest BCUT2D eigenvalue weighted by atomic mass is 16.3. The van der Waals surface area contributed by atoms with Crippen LogP contribution in [0.2, 0.25) is 0 Å². The summed E-state index contributed by atoms with van der Waals surface area (Å²) in [6.07, 6.45) is 4.68. The molecule has 1 aromatic rings. The molecule has 1 aromatic heterocycles. The number of rotatable bonds is 4. The van der Waals surface area contributed by atoms with Crippen LogP contribution in [0.5, 0.6) is 0 Å². The number of amides is 1. The molecule has 110 valence electrons. The highest BCUT2D eigenvalue weighted by molar-refractivity contribution is 5.94. The highest BCUT2D eigenvalue weighted by Gasteiger charge is 2.28. The Kier molecular flexibility index (Phi) is 4.92. The van der Waals surface area contributed by atoms with Crippen molar-refractivity contribution in [2.75, 3.05) is 33.3 Å². The SMILES string of the molecule is CN1CCC(N(CCO)C(=O)c2c[nH]ccc2=O)CC1. The maximum atomic E-state index is 12.5. The molecule has 2 heterocycles. The third-order valence-electron chi connectivity index (χ3n) is 3.79. The van der Waals surface area contributed by atoms with E-state index in [9.17, 15) is 14.7 Å². The molecule has 1 amide bonds. The molecule has 0 atom stereocenters. The quantitative estimate of drug-likeness (QED) is 0.807. The van der Waals surface area contributed by atoms with Gasteiger partial charge in [0.25, 0.3) is 5.91 Å². The first-order chi connectivity index (χ1) is 9.63. The minimum atomic E-state index is -0.296. The van der Waals surface area contributed by atoms with Crippen molar-refractivity contribution in [1.82, 2.24) is 14.8 Å². The third-order valence-corrected chi connectivity index (χ3v) is 3.79. The fourth-order valence-electron chi connectivity index (χ4n) is 2.60. The Bertz CT molecular complexity index is 506. The van der Waals surface area contributed by atoms with Gasteiger partial charge in [-0.25, -0.2) is 0 Å². The van der Waals surface area contributed by atoms with Crippen LogP contribution in [0.1, 0.15) is 23.2 Å². The van der Waals surface area contributed by atoms with Crippen LogP contribution < -0.4 is 5.43 Å². The largest absolute Gasteiger partial charge is 0.395 e. The maximum Gasteiger partial charge on any atom is 0.259 e. The van der Waals surface area contributed by atoms with E-state index in [0.29, 0.717) is 0 Å². The summed E-state index contributed by atoms with van der Waals surface area (Å²) in [6.45, 7) is 2.01. The van der Waals surface area contributed by atoms with Crippen LogP contribution in [0, 0.1) is 0 Å². The first-order valence-corrected chi connectivity index (χ1v) is 6.91. The molecule has 0 unspecified atom stereocenters. The summed E-state index contributed by atoms with van der Waals surface area (Å²) in [6, 6.07) is 1.43. The minimum absolute atomic E-state index is 0.0884. The maximum absolute atomic E-state index is 12.5. The number of piperidine rings is 1. The average Bonchev–Trinajstić information content (AvgIpc) is 2.46. The fourth-order valence-corrected chi connectivity index (χ4v) is 2.60. The summed E-state index contributed by atoms with van der Waals surface area (Å²) in [5.74, 6) is -0.296. The lowest BCUT2D eigenvalue weighted by atomic mass is 10.0. The zero-order chi connectivity index (χ0) is 14.5. The van der Waals surface area contributed by atoms with Gasteiger partial charge in [-0.15, -0.1) is 0 Å². The van der Waals surface area contributed by atoms with Gasteiger partial charge in [0.1, 0.15) is 5.56 Å². The van der Waals surface area contributed by atoms with Crippen molar-refractivity contribution in [2.24, 2.45) is 0 Å². The number of aliphatic hydroxyl groups is 1. The molecule has 1 aliphatic rings. The van der Waals surface area contributed by atoms with Gasteiger partial charge in [-0.2, -0.15) is 0 Å². The number of carbonyl (C=O) groups is 1. The second-order valence-corrected chi connectivity index (χ2v) is 5.18. The third kappa shape index (κ3) is 3.26. The summed E-state index contributed by atoms with van der Waals surface area (Å²) >= 11 is 0. The van der Waals surface area contributed by atoms with Gasteiger partial charge in [0.15, 0.2) is 5.43 Å². The van der Waals surface area contributed by atoms with Gasteiger partial charge >= 0.3 is 0 Å². The zero-order valence-corrected chi connectivity index (χ0v) is 11.7. The molecule has 1 fully saturated rings. The van der Waals surface area contributed by atoms with Crippen molar-refractivity contribution < 1.29 is 9.90 Å². The van der Waals surface area contributed by atoms with Crippen LogP contribution in [-0.2, 0) is 0 Å². The number of nitrogens with zero attached hydrogens (tertiary/aromatic N) is 2. The molecule has 0 aliphatic carbocycles. The van der Waals surface area contributed by atoms with Crippen LogP contribution in [0.15, 0.2) is 23.3 Å². The second-order valence-electron chi connectivity index (χ2n) is 5.18. The van der Waals surface area contributed by atoms with Crippen LogP contribution in [0.25, 0.3) is 0 Å². The molecule has 2 N–H and O–H groups in total. The van der Waals surface area contributed by atoms with Gasteiger partial charge in [-0.1, -0.05) is 0 Å². The highest BCUT2D eigenvalue weighted by Crippen LogP contribution is 2.17. The van der Waals surface area contributed by atoms with E-state index in [1.54, 1.807) is 4.90 Å². The predicted octanol–water partition coefficient (Wildman–Crippen LogP) is -0.0964. The predicted molar refractivity (Wildman–Crippen MR) is 75.7 cm³/mol. The Morgan fingerprint density at radius 1 is 1.50 bits per heavy atom. The van der Waals surface area contributed by atoms with Crippen LogP contribution >= 0.6 is 0 Å². The van der Waals surface area contributed by atoms with E-state index in [-0.39, 0.29) is 36.1 Å². The van der Waals surface area contributed by atoms with Crippen molar-refractivity contribution in [1.29, 1.82) is 0 Å². The standard InChI is InChI=1S/C14H21N3O3/c1-16-6-3-11(4-7-16)17(8-9-18)14(20)12-10-15-5-2-13(12)19/h2,5,10-11,18H,3-4,6-9H2,1H3,(H,15,19). The Balaban J connectivity index is 2.18. The number of aromatic amines is 1. The summed E-state index contributed by atoms with van der Waals surface area (Å²) < 4.78 is 0. The number of aliphatic hydroxyl groups excluding tert-OH is 1. The number of likely N-dealkylation sites (tertiary alicyclic amines) is 1. The summed E-state index contributed by atoms with van der Waals surface area (Å²) in [4.78, 5) is 30.9. The zero-order valence-electron chi connectivity index (χ0n) is 11.7. The summed E-state index contributed by atoms with van der Waals surface area (Å²) in [7, 11) is 2.05. The van der Waals surface area contributed by atoms with E-state index in [1.807, 2.05) is 0 Å². The fraction of sp³-hybridized carbons (Fsp3) is 0.571. The number of carbonyl (C=O) groups excluding carboxylic acids is 1. The smallest absolute Gasteiger partial charge is 0.259 e. The van der Waals surface area contributed by atoms with Gasteiger partial charge in [-0.05, 0) is 33.0 Å². The second kappa shape index (κ2) is 6.67. The molecule has 6 nitrogen and oxygen atoms in total. The molecule has 0 radical (unpaired) electrons.